The van der Waals surface area contributed by atoms with Crippen molar-refractivity contribution in [1.82, 2.24) is 29.8 Å². The Labute approximate surface area is 213 Å². The van der Waals surface area contributed by atoms with E-state index < -0.39 is 0 Å². The van der Waals surface area contributed by atoms with Crippen LogP contribution in [-0.4, -0.2) is 37.0 Å². The van der Waals surface area contributed by atoms with Crippen LogP contribution in [-0.2, 0) is 6.54 Å². The minimum Gasteiger partial charge on any atom is -0.352 e. The molecule has 0 aliphatic carbocycles. The summed E-state index contributed by atoms with van der Waals surface area (Å²) >= 11 is 1.58. The second-order valence-electron chi connectivity index (χ2n) is 8.59. The van der Waals surface area contributed by atoms with Gasteiger partial charge in [-0.25, -0.2) is 19.9 Å². The summed E-state index contributed by atoms with van der Waals surface area (Å²) in [7, 11) is 0. The van der Waals surface area contributed by atoms with Gasteiger partial charge in [-0.05, 0) is 44.0 Å². The fourth-order valence-electron chi connectivity index (χ4n) is 4.01. The van der Waals surface area contributed by atoms with Gasteiger partial charge in [0.05, 0.1) is 38.6 Å². The molecule has 0 atom stereocenters. The van der Waals surface area contributed by atoms with Crippen LogP contribution in [0.4, 0.5) is 0 Å². The van der Waals surface area contributed by atoms with Crippen molar-refractivity contribution in [2.75, 3.05) is 6.54 Å². The second-order valence-corrected chi connectivity index (χ2v) is 9.79. The summed E-state index contributed by atoms with van der Waals surface area (Å²) in [5.41, 5.74) is 6.15. The highest BCUT2D eigenvalue weighted by molar-refractivity contribution is 7.15. The van der Waals surface area contributed by atoms with Crippen LogP contribution in [0, 0.1) is 6.92 Å². The van der Waals surface area contributed by atoms with Gasteiger partial charge in [0.2, 0.25) is 0 Å². The summed E-state index contributed by atoms with van der Waals surface area (Å²) in [5.74, 6) is -0.130. The first-order valence-corrected chi connectivity index (χ1v) is 12.6. The van der Waals surface area contributed by atoms with E-state index in [0.29, 0.717) is 17.6 Å². The fraction of sp³-hybridized carbons (Fsp3) is 0.179. The Morgan fingerprint density at radius 3 is 2.61 bits per heavy atom. The van der Waals surface area contributed by atoms with Crippen molar-refractivity contribution >= 4 is 33.9 Å². The molecule has 2 aromatic carbocycles. The number of hydrogen-bond donors (Lipinski definition) is 1. The molecule has 0 aliphatic rings. The van der Waals surface area contributed by atoms with E-state index in [1.165, 1.54) is 0 Å². The summed E-state index contributed by atoms with van der Waals surface area (Å²) in [5, 5.41) is 3.93. The molecule has 3 heterocycles. The van der Waals surface area contributed by atoms with Crippen molar-refractivity contribution < 1.29 is 4.79 Å². The molecule has 36 heavy (non-hydrogen) atoms. The Bertz CT molecular complexity index is 1540. The number of aryl methyl sites for hydroxylation is 2. The third-order valence-corrected chi connectivity index (χ3v) is 6.74. The summed E-state index contributed by atoms with van der Waals surface area (Å²) in [6.07, 6.45) is 6.25. The zero-order chi connectivity index (χ0) is 25.1. The molecule has 7 nitrogen and oxygen atoms in total. The topological polar surface area (TPSA) is 85.6 Å². The maximum absolute atomic E-state index is 12.8. The number of fused-ring (bicyclic) bond motifs is 1. The van der Waals surface area contributed by atoms with Gasteiger partial charge in [0.15, 0.2) is 0 Å². The van der Waals surface area contributed by atoms with E-state index in [4.69, 9.17) is 9.97 Å². The molecular formula is C28H26N6OS. The lowest BCUT2D eigenvalue weighted by Crippen LogP contribution is -2.25. The standard InChI is InChI=1S/C28H26N6OS/c1-18(2)24-27(36-19(3)31-24)26-25(20-8-5-4-6-9-20)32-22-11-10-21(16-23(22)33-26)28(35)30-12-7-14-34-15-13-29-17-34/h4-6,8-11,13,15-17H,1,7,12,14H2,2-3H3,(H,30,35). The first-order chi connectivity index (χ1) is 17.5. The highest BCUT2D eigenvalue weighted by atomic mass is 32.1. The van der Waals surface area contributed by atoms with E-state index >= 15 is 0 Å². The van der Waals surface area contributed by atoms with E-state index in [-0.39, 0.29) is 5.91 Å². The largest absolute Gasteiger partial charge is 0.352 e. The number of carbonyl (C=O) groups is 1. The Kier molecular flexibility index (Phi) is 6.69. The molecule has 180 valence electrons. The molecule has 8 heteroatoms. The average Bonchev–Trinajstić information content (AvgIpc) is 3.55. The van der Waals surface area contributed by atoms with Crippen molar-refractivity contribution in [3.05, 3.63) is 90.1 Å². The van der Waals surface area contributed by atoms with Crippen LogP contribution in [0.15, 0.2) is 73.8 Å². The van der Waals surface area contributed by atoms with Gasteiger partial charge < -0.3 is 9.88 Å². The third-order valence-electron chi connectivity index (χ3n) is 5.76. The number of rotatable bonds is 8. The van der Waals surface area contributed by atoms with Crippen molar-refractivity contribution in [2.45, 2.75) is 26.8 Å². The summed E-state index contributed by atoms with van der Waals surface area (Å²) in [4.78, 5) is 32.5. The molecule has 0 saturated heterocycles. The smallest absolute Gasteiger partial charge is 0.251 e. The monoisotopic (exact) mass is 494 g/mol. The quantitative estimate of drug-likeness (QED) is 0.277. The summed E-state index contributed by atoms with van der Waals surface area (Å²) < 4.78 is 1.99. The van der Waals surface area contributed by atoms with Crippen LogP contribution in [0.2, 0.25) is 0 Å². The zero-order valence-corrected chi connectivity index (χ0v) is 21.0. The predicted octanol–water partition coefficient (Wildman–Crippen LogP) is 5.78. The molecule has 0 radical (unpaired) electrons. The van der Waals surface area contributed by atoms with Crippen molar-refractivity contribution in [3.8, 4) is 21.8 Å². The minimum atomic E-state index is -0.130. The van der Waals surface area contributed by atoms with E-state index in [1.807, 2.05) is 61.0 Å². The first kappa shape index (κ1) is 23.6. The van der Waals surface area contributed by atoms with E-state index in [9.17, 15) is 4.79 Å². The van der Waals surface area contributed by atoms with Gasteiger partial charge in [0.1, 0.15) is 5.69 Å². The molecule has 5 rings (SSSR count). The van der Waals surface area contributed by atoms with Crippen LogP contribution in [0.3, 0.4) is 0 Å². The highest BCUT2D eigenvalue weighted by Gasteiger charge is 2.20. The summed E-state index contributed by atoms with van der Waals surface area (Å²) in [6.45, 7) is 9.41. The first-order valence-electron chi connectivity index (χ1n) is 11.7. The Balaban J connectivity index is 1.50. The van der Waals surface area contributed by atoms with Crippen molar-refractivity contribution in [2.24, 2.45) is 0 Å². The molecule has 0 spiro atoms. The van der Waals surface area contributed by atoms with Gasteiger partial charge in [-0.2, -0.15) is 0 Å². The van der Waals surface area contributed by atoms with E-state index in [0.717, 1.165) is 56.6 Å². The molecule has 5 aromatic rings. The van der Waals surface area contributed by atoms with E-state index in [2.05, 4.69) is 21.9 Å². The van der Waals surface area contributed by atoms with Gasteiger partial charge in [0.25, 0.3) is 5.91 Å². The molecule has 1 N–H and O–H groups in total. The van der Waals surface area contributed by atoms with Crippen LogP contribution in [0.5, 0.6) is 0 Å². The molecule has 0 fully saturated rings. The van der Waals surface area contributed by atoms with Crippen molar-refractivity contribution in [3.63, 3.8) is 0 Å². The van der Waals surface area contributed by atoms with Crippen LogP contribution in [0.1, 0.15) is 34.4 Å². The number of allylic oxidation sites excluding steroid dienone is 1. The Hall–Kier alpha value is -4.17. The number of benzene rings is 2. The van der Waals surface area contributed by atoms with Crippen LogP contribution >= 0.6 is 11.3 Å². The molecule has 0 saturated carbocycles. The number of hydrogen-bond acceptors (Lipinski definition) is 6. The lowest BCUT2D eigenvalue weighted by atomic mass is 10.1. The minimum absolute atomic E-state index is 0.130. The van der Waals surface area contributed by atoms with Crippen LogP contribution in [0.25, 0.3) is 38.4 Å². The van der Waals surface area contributed by atoms with Gasteiger partial charge in [-0.15, -0.1) is 11.3 Å². The second kappa shape index (κ2) is 10.2. The van der Waals surface area contributed by atoms with Gasteiger partial charge in [-0.3, -0.25) is 4.79 Å². The van der Waals surface area contributed by atoms with Gasteiger partial charge in [-0.1, -0.05) is 36.9 Å². The average molecular weight is 495 g/mol. The number of carbonyl (C=O) groups excluding carboxylic acids is 1. The molecular weight excluding hydrogens is 468 g/mol. The Morgan fingerprint density at radius 2 is 1.86 bits per heavy atom. The summed E-state index contributed by atoms with van der Waals surface area (Å²) in [6, 6.07) is 15.5. The number of nitrogens with one attached hydrogen (secondary N) is 1. The maximum atomic E-state index is 12.8. The predicted molar refractivity (Wildman–Crippen MR) is 145 cm³/mol. The lowest BCUT2D eigenvalue weighted by molar-refractivity contribution is 0.0953. The van der Waals surface area contributed by atoms with Gasteiger partial charge >= 0.3 is 0 Å². The number of aromatic nitrogens is 5. The van der Waals surface area contributed by atoms with Crippen LogP contribution < -0.4 is 5.32 Å². The molecule has 0 bridgehead atoms. The molecule has 0 unspecified atom stereocenters. The molecule has 1 amide bonds. The fourth-order valence-corrected chi connectivity index (χ4v) is 5.00. The Morgan fingerprint density at radius 1 is 1.06 bits per heavy atom. The van der Waals surface area contributed by atoms with E-state index in [1.54, 1.807) is 36.0 Å². The number of amides is 1. The number of imidazole rings is 1. The zero-order valence-electron chi connectivity index (χ0n) is 20.2. The normalized spacial score (nSPS) is 11.1. The number of thiazole rings is 1. The lowest BCUT2D eigenvalue weighted by Gasteiger charge is -2.11. The molecule has 3 aromatic heterocycles. The SMILES string of the molecule is C=C(C)c1nc(C)sc1-c1nc2cc(C(=O)NCCCn3ccnc3)ccc2nc1-c1ccccc1. The van der Waals surface area contributed by atoms with Crippen molar-refractivity contribution in [1.29, 1.82) is 0 Å². The maximum Gasteiger partial charge on any atom is 0.251 e. The molecule has 0 aliphatic heterocycles. The highest BCUT2D eigenvalue weighted by Crippen LogP contribution is 2.38. The number of nitrogens with zero attached hydrogens (tertiary/aromatic N) is 5. The van der Waals surface area contributed by atoms with Gasteiger partial charge in [0, 0.05) is 36.6 Å². The third kappa shape index (κ3) is 4.94.